The molecule has 1 aromatic heterocycles. The van der Waals surface area contributed by atoms with Gasteiger partial charge >= 0.3 is 0 Å². The fourth-order valence-electron chi connectivity index (χ4n) is 1.78. The number of nitrogens with one attached hydrogen (secondary N) is 1. The van der Waals surface area contributed by atoms with Crippen LogP contribution < -0.4 is 14.8 Å². The number of carbonyl (C=O) groups is 1. The van der Waals surface area contributed by atoms with Crippen LogP contribution in [0, 0.1) is 0 Å². The smallest absolute Gasteiger partial charge is 0.251 e. The van der Waals surface area contributed by atoms with E-state index >= 15 is 0 Å². The van der Waals surface area contributed by atoms with Crippen LogP contribution >= 0.6 is 0 Å². The Morgan fingerprint density at radius 3 is 2.64 bits per heavy atom. The van der Waals surface area contributed by atoms with Crippen molar-refractivity contribution < 1.29 is 14.3 Å². The van der Waals surface area contributed by atoms with E-state index in [9.17, 15) is 4.79 Å². The van der Waals surface area contributed by atoms with Crippen LogP contribution in [0.5, 0.6) is 11.6 Å². The second-order valence-corrected chi connectivity index (χ2v) is 4.52. The molecule has 5 nitrogen and oxygen atoms in total. The van der Waals surface area contributed by atoms with Crippen LogP contribution in [-0.2, 0) is 6.54 Å². The van der Waals surface area contributed by atoms with E-state index in [1.54, 1.807) is 49.7 Å². The van der Waals surface area contributed by atoms with E-state index in [4.69, 9.17) is 9.47 Å². The molecule has 0 aliphatic rings. The summed E-state index contributed by atoms with van der Waals surface area (Å²) in [5, 5.41) is 2.84. The molecule has 22 heavy (non-hydrogen) atoms. The molecule has 1 heterocycles. The summed E-state index contributed by atoms with van der Waals surface area (Å²) in [5.41, 5.74) is 1.48. The molecule has 0 saturated carbocycles. The Morgan fingerprint density at radius 1 is 1.27 bits per heavy atom. The Morgan fingerprint density at radius 2 is 2.05 bits per heavy atom. The third kappa shape index (κ3) is 4.34. The number of aromatic nitrogens is 1. The molecule has 0 bridgehead atoms. The van der Waals surface area contributed by atoms with E-state index in [0.717, 1.165) is 5.56 Å². The average Bonchev–Trinajstić information content (AvgIpc) is 2.58. The Hall–Kier alpha value is -2.82. The van der Waals surface area contributed by atoms with E-state index in [0.29, 0.717) is 30.3 Å². The molecule has 0 aliphatic carbocycles. The second-order valence-electron chi connectivity index (χ2n) is 4.52. The number of methoxy groups -OCH3 is 1. The van der Waals surface area contributed by atoms with Crippen LogP contribution in [0.25, 0.3) is 0 Å². The standard InChI is InChI=1S/C17H18N2O3/c1-3-10-22-15-7-5-14(6-8-15)17(20)19-12-13-4-9-16(21-2)18-11-13/h3-9,11H,1,10,12H2,2H3,(H,19,20). The Balaban J connectivity index is 1.89. The number of ether oxygens (including phenoxy) is 2. The summed E-state index contributed by atoms with van der Waals surface area (Å²) in [6.07, 6.45) is 3.34. The molecule has 0 atom stereocenters. The quantitative estimate of drug-likeness (QED) is 0.798. The minimum atomic E-state index is -0.147. The Labute approximate surface area is 129 Å². The lowest BCUT2D eigenvalue weighted by atomic mass is 10.2. The number of rotatable bonds is 7. The normalized spacial score (nSPS) is 9.86. The molecule has 0 unspecified atom stereocenters. The van der Waals surface area contributed by atoms with Gasteiger partial charge in [-0.3, -0.25) is 4.79 Å². The van der Waals surface area contributed by atoms with Crippen LogP contribution in [0.15, 0.2) is 55.3 Å². The SMILES string of the molecule is C=CCOc1ccc(C(=O)NCc2ccc(OC)nc2)cc1. The first-order valence-corrected chi connectivity index (χ1v) is 6.84. The zero-order valence-corrected chi connectivity index (χ0v) is 12.4. The summed E-state index contributed by atoms with van der Waals surface area (Å²) >= 11 is 0. The number of hydrogen-bond donors (Lipinski definition) is 1. The summed E-state index contributed by atoms with van der Waals surface area (Å²) in [6, 6.07) is 10.6. The number of carbonyl (C=O) groups excluding carboxylic acids is 1. The number of nitrogens with zero attached hydrogens (tertiary/aromatic N) is 1. The van der Waals surface area contributed by atoms with Gasteiger partial charge in [0.15, 0.2) is 0 Å². The third-order valence-electron chi connectivity index (χ3n) is 2.94. The summed E-state index contributed by atoms with van der Waals surface area (Å²) in [7, 11) is 1.56. The molecule has 0 spiro atoms. The van der Waals surface area contributed by atoms with E-state index in [2.05, 4.69) is 16.9 Å². The van der Waals surface area contributed by atoms with E-state index in [1.807, 2.05) is 6.07 Å². The molecule has 0 aliphatic heterocycles. The summed E-state index contributed by atoms with van der Waals surface area (Å²) in [5.74, 6) is 1.10. The van der Waals surface area contributed by atoms with Gasteiger partial charge < -0.3 is 14.8 Å². The highest BCUT2D eigenvalue weighted by Gasteiger charge is 2.05. The highest BCUT2D eigenvalue weighted by Crippen LogP contribution is 2.12. The van der Waals surface area contributed by atoms with Crippen LogP contribution in [0.3, 0.4) is 0 Å². The number of amides is 1. The molecule has 2 aromatic rings. The van der Waals surface area contributed by atoms with Gasteiger partial charge in [0.25, 0.3) is 5.91 Å². The van der Waals surface area contributed by atoms with Gasteiger partial charge in [-0.2, -0.15) is 0 Å². The Kier molecular flexibility index (Phi) is 5.54. The summed E-state index contributed by atoms with van der Waals surface area (Å²) in [4.78, 5) is 16.1. The van der Waals surface area contributed by atoms with Gasteiger partial charge in [0.1, 0.15) is 12.4 Å². The van der Waals surface area contributed by atoms with Gasteiger partial charge in [-0.05, 0) is 29.8 Å². The maximum Gasteiger partial charge on any atom is 0.251 e. The zero-order valence-electron chi connectivity index (χ0n) is 12.4. The van der Waals surface area contributed by atoms with Gasteiger partial charge in [-0.15, -0.1) is 0 Å². The molecule has 114 valence electrons. The van der Waals surface area contributed by atoms with Crippen molar-refractivity contribution in [2.24, 2.45) is 0 Å². The molecule has 2 rings (SSSR count). The third-order valence-corrected chi connectivity index (χ3v) is 2.94. The van der Waals surface area contributed by atoms with E-state index in [-0.39, 0.29) is 5.91 Å². The molecular weight excluding hydrogens is 280 g/mol. The predicted molar refractivity (Wildman–Crippen MR) is 84.1 cm³/mol. The fraction of sp³-hybridized carbons (Fsp3) is 0.176. The van der Waals surface area contributed by atoms with Crippen LogP contribution in [0.4, 0.5) is 0 Å². The average molecular weight is 298 g/mol. The maximum atomic E-state index is 12.1. The van der Waals surface area contributed by atoms with E-state index < -0.39 is 0 Å². The van der Waals surface area contributed by atoms with Crippen molar-refractivity contribution in [2.75, 3.05) is 13.7 Å². The van der Waals surface area contributed by atoms with Crippen molar-refractivity contribution in [2.45, 2.75) is 6.54 Å². The van der Waals surface area contributed by atoms with Crippen molar-refractivity contribution in [3.63, 3.8) is 0 Å². The summed E-state index contributed by atoms with van der Waals surface area (Å²) < 4.78 is 10.4. The fourth-order valence-corrected chi connectivity index (χ4v) is 1.78. The first kappa shape index (κ1) is 15.6. The van der Waals surface area contributed by atoms with Crippen molar-refractivity contribution in [1.29, 1.82) is 0 Å². The van der Waals surface area contributed by atoms with Gasteiger partial charge in [-0.25, -0.2) is 4.98 Å². The largest absolute Gasteiger partial charge is 0.490 e. The predicted octanol–water partition coefficient (Wildman–Crippen LogP) is 2.59. The van der Waals surface area contributed by atoms with Gasteiger partial charge in [-0.1, -0.05) is 18.7 Å². The minimum Gasteiger partial charge on any atom is -0.490 e. The monoisotopic (exact) mass is 298 g/mol. The molecule has 1 N–H and O–H groups in total. The minimum absolute atomic E-state index is 0.147. The molecular formula is C17H18N2O3. The van der Waals surface area contributed by atoms with Crippen molar-refractivity contribution in [3.8, 4) is 11.6 Å². The number of pyridine rings is 1. The van der Waals surface area contributed by atoms with Crippen LogP contribution in [0.1, 0.15) is 15.9 Å². The number of hydrogen-bond acceptors (Lipinski definition) is 4. The topological polar surface area (TPSA) is 60.5 Å². The zero-order chi connectivity index (χ0) is 15.8. The molecule has 1 amide bonds. The molecule has 0 saturated heterocycles. The lowest BCUT2D eigenvalue weighted by Crippen LogP contribution is -2.22. The first-order valence-electron chi connectivity index (χ1n) is 6.84. The molecule has 5 heteroatoms. The maximum absolute atomic E-state index is 12.1. The van der Waals surface area contributed by atoms with Crippen molar-refractivity contribution in [3.05, 3.63) is 66.4 Å². The lowest BCUT2D eigenvalue weighted by molar-refractivity contribution is 0.0951. The van der Waals surface area contributed by atoms with Crippen LogP contribution in [-0.4, -0.2) is 24.6 Å². The van der Waals surface area contributed by atoms with Crippen molar-refractivity contribution in [1.82, 2.24) is 10.3 Å². The van der Waals surface area contributed by atoms with Gasteiger partial charge in [0, 0.05) is 24.4 Å². The summed E-state index contributed by atoms with van der Waals surface area (Å²) in [6.45, 7) is 4.43. The van der Waals surface area contributed by atoms with E-state index in [1.165, 1.54) is 0 Å². The molecule has 1 aromatic carbocycles. The molecule has 0 fully saturated rings. The van der Waals surface area contributed by atoms with Crippen LogP contribution in [0.2, 0.25) is 0 Å². The first-order chi connectivity index (χ1) is 10.7. The lowest BCUT2D eigenvalue weighted by Gasteiger charge is -2.07. The number of benzene rings is 1. The highest BCUT2D eigenvalue weighted by molar-refractivity contribution is 5.94. The Bertz CT molecular complexity index is 621. The van der Waals surface area contributed by atoms with Gasteiger partial charge in [0.2, 0.25) is 5.88 Å². The molecule has 0 radical (unpaired) electrons. The highest BCUT2D eigenvalue weighted by atomic mass is 16.5. The van der Waals surface area contributed by atoms with Gasteiger partial charge in [0.05, 0.1) is 7.11 Å². The van der Waals surface area contributed by atoms with Crippen molar-refractivity contribution >= 4 is 5.91 Å². The second kappa shape index (κ2) is 7.83.